The molecule has 1 aromatic heterocycles. The average Bonchev–Trinajstić information content (AvgIpc) is 2.97. The first-order chi connectivity index (χ1) is 13.9. The third-order valence-corrected chi connectivity index (χ3v) is 5.19. The number of nitrogens with zero attached hydrogens (tertiary/aromatic N) is 3. The maximum atomic E-state index is 13.2. The van der Waals surface area contributed by atoms with Crippen molar-refractivity contribution in [3.8, 4) is 0 Å². The quantitative estimate of drug-likeness (QED) is 0.634. The number of hydrogen-bond donors (Lipinski definition) is 1. The number of amides is 1. The minimum absolute atomic E-state index is 0.0991. The van der Waals surface area contributed by atoms with E-state index in [4.69, 9.17) is 11.6 Å². The third kappa shape index (κ3) is 5.02. The Morgan fingerprint density at radius 3 is 2.45 bits per heavy atom. The van der Waals surface area contributed by atoms with Gasteiger partial charge in [0, 0.05) is 6.54 Å². The van der Waals surface area contributed by atoms with Gasteiger partial charge in [-0.3, -0.25) is 4.79 Å². The Morgan fingerprint density at radius 1 is 1.17 bits per heavy atom. The zero-order valence-corrected chi connectivity index (χ0v) is 17.4. The van der Waals surface area contributed by atoms with Crippen LogP contribution >= 0.6 is 11.6 Å². The molecule has 1 amide bonds. The van der Waals surface area contributed by atoms with Crippen LogP contribution in [-0.2, 0) is 6.54 Å². The molecule has 1 N–H and O–H groups in total. The summed E-state index contributed by atoms with van der Waals surface area (Å²) in [5, 5.41) is 7.68. The van der Waals surface area contributed by atoms with Gasteiger partial charge in [0.05, 0.1) is 23.8 Å². The number of carbonyl (C=O) groups excluding carboxylic acids is 1. The molecule has 0 radical (unpaired) electrons. The van der Waals surface area contributed by atoms with Gasteiger partial charge in [0.25, 0.3) is 5.91 Å². The van der Waals surface area contributed by atoms with E-state index >= 15 is 0 Å². The van der Waals surface area contributed by atoms with E-state index in [2.05, 4.69) is 10.4 Å². The summed E-state index contributed by atoms with van der Waals surface area (Å²) in [6.07, 6.45) is 0. The van der Waals surface area contributed by atoms with Crippen LogP contribution in [0.25, 0.3) is 0 Å². The van der Waals surface area contributed by atoms with Gasteiger partial charge in [0.1, 0.15) is 11.0 Å². The van der Waals surface area contributed by atoms with Crippen molar-refractivity contribution in [2.24, 2.45) is 0 Å². The van der Waals surface area contributed by atoms with Crippen molar-refractivity contribution in [3.63, 3.8) is 0 Å². The van der Waals surface area contributed by atoms with Gasteiger partial charge >= 0.3 is 0 Å². The molecule has 2 aromatic carbocycles. The Morgan fingerprint density at radius 2 is 1.83 bits per heavy atom. The largest absolute Gasteiger partial charge is 0.350 e. The molecule has 0 spiro atoms. The van der Waals surface area contributed by atoms with Crippen LogP contribution in [-0.4, -0.2) is 41.2 Å². The molecule has 3 aromatic rings. The van der Waals surface area contributed by atoms with Crippen LogP contribution in [0.5, 0.6) is 0 Å². The summed E-state index contributed by atoms with van der Waals surface area (Å²) < 4.78 is 14.9. The lowest BCUT2D eigenvalue weighted by Gasteiger charge is -2.25. The Bertz CT molecular complexity index is 970. The number of benzene rings is 2. The van der Waals surface area contributed by atoms with E-state index in [-0.39, 0.29) is 17.8 Å². The number of likely N-dealkylation sites (N-methyl/N-ethyl adjacent to an activating group) is 1. The van der Waals surface area contributed by atoms with Gasteiger partial charge in [-0.25, -0.2) is 9.07 Å². The number of carbonyl (C=O) groups is 1. The predicted molar refractivity (Wildman–Crippen MR) is 113 cm³/mol. The molecular formula is C22H24ClFN4O. The first-order valence-electron chi connectivity index (χ1n) is 9.33. The van der Waals surface area contributed by atoms with Gasteiger partial charge in [0.2, 0.25) is 0 Å². The van der Waals surface area contributed by atoms with Crippen LogP contribution in [0.3, 0.4) is 0 Å². The minimum atomic E-state index is -0.288. The summed E-state index contributed by atoms with van der Waals surface area (Å²) in [7, 11) is 3.83. The molecule has 0 saturated carbocycles. The predicted octanol–water partition coefficient (Wildman–Crippen LogP) is 4.07. The average molecular weight is 415 g/mol. The monoisotopic (exact) mass is 414 g/mol. The van der Waals surface area contributed by atoms with Crippen molar-refractivity contribution in [2.75, 3.05) is 20.6 Å². The summed E-state index contributed by atoms with van der Waals surface area (Å²) in [6.45, 7) is 2.62. The van der Waals surface area contributed by atoms with Crippen LogP contribution in [0.4, 0.5) is 4.39 Å². The molecule has 1 unspecified atom stereocenters. The molecule has 1 heterocycles. The lowest BCUT2D eigenvalue weighted by molar-refractivity contribution is 0.0941. The van der Waals surface area contributed by atoms with Crippen molar-refractivity contribution in [1.29, 1.82) is 0 Å². The molecule has 0 saturated heterocycles. The number of hydrogen-bond acceptors (Lipinski definition) is 3. The molecule has 0 aliphatic heterocycles. The molecule has 1 atom stereocenters. The summed E-state index contributed by atoms with van der Waals surface area (Å²) in [6, 6.07) is 16.0. The Balaban J connectivity index is 1.73. The molecular weight excluding hydrogens is 391 g/mol. The number of halogens is 2. The zero-order chi connectivity index (χ0) is 21.0. The molecule has 29 heavy (non-hydrogen) atoms. The van der Waals surface area contributed by atoms with Crippen molar-refractivity contribution < 1.29 is 9.18 Å². The highest BCUT2D eigenvalue weighted by atomic mass is 35.5. The second kappa shape index (κ2) is 9.20. The van der Waals surface area contributed by atoms with Gasteiger partial charge in [-0.2, -0.15) is 5.10 Å². The summed E-state index contributed by atoms with van der Waals surface area (Å²) in [5.41, 5.74) is 2.91. The Labute approximate surface area is 175 Å². The third-order valence-electron chi connectivity index (χ3n) is 4.80. The van der Waals surface area contributed by atoms with Crippen LogP contribution in [0.15, 0.2) is 54.6 Å². The molecule has 0 bridgehead atoms. The normalized spacial score (nSPS) is 12.2. The minimum Gasteiger partial charge on any atom is -0.350 e. The number of nitrogens with one attached hydrogen (secondary N) is 1. The van der Waals surface area contributed by atoms with Crippen LogP contribution in [0, 0.1) is 12.7 Å². The van der Waals surface area contributed by atoms with Gasteiger partial charge < -0.3 is 10.2 Å². The molecule has 0 aliphatic carbocycles. The van der Waals surface area contributed by atoms with Gasteiger partial charge in [-0.15, -0.1) is 0 Å². The van der Waals surface area contributed by atoms with Crippen LogP contribution in [0.1, 0.15) is 33.2 Å². The highest BCUT2D eigenvalue weighted by Gasteiger charge is 2.22. The van der Waals surface area contributed by atoms with Gasteiger partial charge in [0.15, 0.2) is 0 Å². The maximum Gasteiger partial charge on any atom is 0.256 e. The standard InChI is InChI=1S/C22H24ClFN4O/c1-15-20(21(23)28(26-15)14-16-7-5-4-6-8-16)22(29)25-13-19(27(2)3)17-9-11-18(24)12-10-17/h4-12,19H,13-14H2,1-3H3,(H,25,29). The summed E-state index contributed by atoms with van der Waals surface area (Å²) in [5.74, 6) is -0.565. The van der Waals surface area contributed by atoms with E-state index in [9.17, 15) is 9.18 Å². The van der Waals surface area contributed by atoms with E-state index in [0.29, 0.717) is 29.5 Å². The van der Waals surface area contributed by atoms with Crippen molar-refractivity contribution in [2.45, 2.75) is 19.5 Å². The summed E-state index contributed by atoms with van der Waals surface area (Å²) in [4.78, 5) is 14.8. The second-order valence-electron chi connectivity index (χ2n) is 7.14. The highest BCUT2D eigenvalue weighted by Crippen LogP contribution is 2.22. The van der Waals surface area contributed by atoms with Crippen molar-refractivity contribution >= 4 is 17.5 Å². The molecule has 152 valence electrons. The number of aromatic nitrogens is 2. The highest BCUT2D eigenvalue weighted by molar-refractivity contribution is 6.33. The first kappa shape index (κ1) is 21.0. The molecule has 0 fully saturated rings. The van der Waals surface area contributed by atoms with Crippen molar-refractivity contribution in [1.82, 2.24) is 20.0 Å². The van der Waals surface area contributed by atoms with E-state index < -0.39 is 0 Å². The second-order valence-corrected chi connectivity index (χ2v) is 7.49. The Hall–Kier alpha value is -2.70. The van der Waals surface area contributed by atoms with E-state index in [1.165, 1.54) is 12.1 Å². The molecule has 7 heteroatoms. The van der Waals surface area contributed by atoms with Crippen LogP contribution < -0.4 is 5.32 Å². The van der Waals surface area contributed by atoms with E-state index in [0.717, 1.165) is 11.1 Å². The fourth-order valence-corrected chi connectivity index (χ4v) is 3.55. The number of rotatable bonds is 7. The van der Waals surface area contributed by atoms with Crippen molar-refractivity contribution in [3.05, 3.63) is 88.0 Å². The first-order valence-corrected chi connectivity index (χ1v) is 9.71. The fraction of sp³-hybridized carbons (Fsp3) is 0.273. The van der Waals surface area contributed by atoms with Gasteiger partial charge in [-0.1, -0.05) is 54.1 Å². The smallest absolute Gasteiger partial charge is 0.256 e. The van der Waals surface area contributed by atoms with Crippen LogP contribution in [0.2, 0.25) is 5.15 Å². The summed E-state index contributed by atoms with van der Waals surface area (Å²) >= 11 is 6.47. The van der Waals surface area contributed by atoms with E-state index in [1.54, 1.807) is 23.7 Å². The lowest BCUT2D eigenvalue weighted by Crippen LogP contribution is -2.34. The topological polar surface area (TPSA) is 50.2 Å². The zero-order valence-electron chi connectivity index (χ0n) is 16.7. The Kier molecular flexibility index (Phi) is 6.67. The lowest BCUT2D eigenvalue weighted by atomic mass is 10.1. The van der Waals surface area contributed by atoms with Gasteiger partial charge in [-0.05, 0) is 44.3 Å². The molecule has 0 aliphatic rings. The molecule has 3 rings (SSSR count). The SMILES string of the molecule is Cc1nn(Cc2ccccc2)c(Cl)c1C(=O)NCC(c1ccc(F)cc1)N(C)C. The van der Waals surface area contributed by atoms with E-state index in [1.807, 2.05) is 49.3 Å². The molecule has 5 nitrogen and oxygen atoms in total. The number of aryl methyl sites for hydroxylation is 1. The maximum absolute atomic E-state index is 13.2. The fourth-order valence-electron chi connectivity index (χ4n) is 3.23.